The van der Waals surface area contributed by atoms with E-state index in [-0.39, 0.29) is 17.2 Å². The molecular weight excluding hydrogens is 354 g/mol. The summed E-state index contributed by atoms with van der Waals surface area (Å²) < 4.78 is 1.66. The minimum Gasteiger partial charge on any atom is -0.325 e. The number of fused-ring (bicyclic) bond motifs is 1. The maximum absolute atomic E-state index is 12.5. The second-order valence-electron chi connectivity index (χ2n) is 5.97. The molecule has 132 valence electrons. The molecule has 0 unspecified atom stereocenters. The first-order chi connectivity index (χ1) is 12.0. The third-order valence-corrected chi connectivity index (χ3v) is 6.14. The van der Waals surface area contributed by atoms with Crippen LogP contribution in [0, 0.1) is 13.8 Å². The quantitative estimate of drug-likeness (QED) is 0.642. The van der Waals surface area contributed by atoms with Gasteiger partial charge in [0, 0.05) is 24.4 Å². The first-order valence-electron chi connectivity index (χ1n) is 8.26. The van der Waals surface area contributed by atoms with Gasteiger partial charge in [-0.1, -0.05) is 29.5 Å². The van der Waals surface area contributed by atoms with Crippen LogP contribution in [0.25, 0.3) is 0 Å². The lowest BCUT2D eigenvalue weighted by Gasteiger charge is -2.12. The van der Waals surface area contributed by atoms with Gasteiger partial charge in [-0.25, -0.2) is 4.98 Å². The molecule has 0 saturated heterocycles. The number of carbonyl (C=O) groups is 1. The van der Waals surface area contributed by atoms with E-state index in [1.165, 1.54) is 11.8 Å². The molecule has 7 heteroatoms. The fourth-order valence-corrected chi connectivity index (χ4v) is 4.71. The molecule has 0 radical (unpaired) electrons. The summed E-state index contributed by atoms with van der Waals surface area (Å²) in [5, 5.41) is 3.56. The molecule has 1 aromatic heterocycles. The number of nitrogens with one attached hydrogen (secondary N) is 1. The molecule has 0 bridgehead atoms. The van der Waals surface area contributed by atoms with Crippen LogP contribution in [0.4, 0.5) is 5.69 Å². The van der Waals surface area contributed by atoms with Gasteiger partial charge in [0.05, 0.1) is 16.3 Å². The lowest BCUT2D eigenvalue weighted by Crippen LogP contribution is -2.25. The van der Waals surface area contributed by atoms with Crippen LogP contribution >= 0.6 is 23.5 Å². The van der Waals surface area contributed by atoms with Crippen LogP contribution < -0.4 is 10.9 Å². The molecule has 1 aliphatic heterocycles. The van der Waals surface area contributed by atoms with Gasteiger partial charge in [-0.15, -0.1) is 11.8 Å². The number of carbonyl (C=O) groups excluding carboxylic acids is 1. The molecule has 3 rings (SSSR count). The number of aryl methyl sites for hydroxylation is 3. The number of nitrogens with zero attached hydrogens (tertiary/aromatic N) is 2. The molecule has 0 saturated carbocycles. The van der Waals surface area contributed by atoms with Crippen LogP contribution in [0.5, 0.6) is 0 Å². The van der Waals surface area contributed by atoms with Crippen molar-refractivity contribution in [2.24, 2.45) is 0 Å². The highest BCUT2D eigenvalue weighted by Gasteiger charge is 2.21. The fourth-order valence-electron chi connectivity index (χ4n) is 2.78. The number of hydrogen-bond acceptors (Lipinski definition) is 5. The highest BCUT2D eigenvalue weighted by molar-refractivity contribution is 8.00. The zero-order valence-electron chi connectivity index (χ0n) is 14.6. The van der Waals surface area contributed by atoms with E-state index in [2.05, 4.69) is 10.3 Å². The maximum Gasteiger partial charge on any atom is 0.268 e. The number of aromatic nitrogens is 2. The Bertz CT molecular complexity index is 877. The normalized spacial score (nSPS) is 12.9. The average molecular weight is 376 g/mol. The third-order valence-electron chi connectivity index (χ3n) is 4.05. The predicted molar refractivity (Wildman–Crippen MR) is 104 cm³/mol. The summed E-state index contributed by atoms with van der Waals surface area (Å²) in [6, 6.07) is 5.93. The third kappa shape index (κ3) is 3.93. The van der Waals surface area contributed by atoms with E-state index in [0.717, 1.165) is 39.6 Å². The molecule has 1 aromatic carbocycles. The molecule has 0 fully saturated rings. The van der Waals surface area contributed by atoms with Gasteiger partial charge in [-0.2, -0.15) is 0 Å². The van der Waals surface area contributed by atoms with E-state index in [9.17, 15) is 9.59 Å². The summed E-state index contributed by atoms with van der Waals surface area (Å²) in [4.78, 5) is 30.2. The van der Waals surface area contributed by atoms with Crippen molar-refractivity contribution in [3.63, 3.8) is 0 Å². The number of rotatable bonds is 5. The van der Waals surface area contributed by atoms with E-state index < -0.39 is 0 Å². The highest BCUT2D eigenvalue weighted by Crippen LogP contribution is 2.28. The smallest absolute Gasteiger partial charge is 0.268 e. The van der Waals surface area contributed by atoms with Crippen molar-refractivity contribution in [1.82, 2.24) is 9.55 Å². The summed E-state index contributed by atoms with van der Waals surface area (Å²) in [5.74, 6) is 1.04. The van der Waals surface area contributed by atoms with Gasteiger partial charge in [0.25, 0.3) is 5.56 Å². The van der Waals surface area contributed by atoms with Gasteiger partial charge in [0.15, 0.2) is 5.16 Å². The molecular formula is C18H21N3O2S2. The standard InChI is InChI=1S/C18H21N3O2S2/c1-4-21-17(23)16-14(7-8-24-16)20-18(21)25-10-15(22)19-13-6-5-11(2)9-12(13)3/h5-6,9H,4,7-8,10H2,1-3H3,(H,19,22). The monoisotopic (exact) mass is 375 g/mol. The molecule has 0 spiro atoms. The Morgan fingerprint density at radius 1 is 1.40 bits per heavy atom. The zero-order valence-corrected chi connectivity index (χ0v) is 16.2. The SMILES string of the molecule is CCn1c(SCC(=O)Nc2ccc(C)cc2C)nc2c(c1=O)SCC2. The minimum atomic E-state index is -0.0938. The summed E-state index contributed by atoms with van der Waals surface area (Å²) in [6.45, 7) is 6.48. The first kappa shape index (κ1) is 18.1. The molecule has 1 N–H and O–H groups in total. The highest BCUT2D eigenvalue weighted by atomic mass is 32.2. The second-order valence-corrected chi connectivity index (χ2v) is 8.02. The van der Waals surface area contributed by atoms with Gasteiger partial charge in [0.1, 0.15) is 0 Å². The Morgan fingerprint density at radius 3 is 2.92 bits per heavy atom. The van der Waals surface area contributed by atoms with Crippen LogP contribution in [0.3, 0.4) is 0 Å². The summed E-state index contributed by atoms with van der Waals surface area (Å²) in [6.07, 6.45) is 0.822. The van der Waals surface area contributed by atoms with Crippen molar-refractivity contribution in [2.45, 2.75) is 43.8 Å². The van der Waals surface area contributed by atoms with E-state index in [1.807, 2.05) is 39.0 Å². The lowest BCUT2D eigenvalue weighted by atomic mass is 10.1. The van der Waals surface area contributed by atoms with Gasteiger partial charge < -0.3 is 5.32 Å². The van der Waals surface area contributed by atoms with Gasteiger partial charge >= 0.3 is 0 Å². The second kappa shape index (κ2) is 7.66. The maximum atomic E-state index is 12.5. The Balaban J connectivity index is 1.72. The molecule has 25 heavy (non-hydrogen) atoms. The van der Waals surface area contributed by atoms with Gasteiger partial charge in [-0.3, -0.25) is 14.2 Å². The molecule has 0 atom stereocenters. The summed E-state index contributed by atoms with van der Waals surface area (Å²) in [7, 11) is 0. The van der Waals surface area contributed by atoms with Crippen LogP contribution in [0.1, 0.15) is 23.7 Å². The summed E-state index contributed by atoms with van der Waals surface area (Å²) >= 11 is 2.90. The molecule has 1 aliphatic rings. The number of thioether (sulfide) groups is 2. The lowest BCUT2D eigenvalue weighted by molar-refractivity contribution is -0.113. The minimum absolute atomic E-state index is 0.0206. The van der Waals surface area contributed by atoms with Crippen molar-refractivity contribution < 1.29 is 4.79 Å². The molecule has 1 amide bonds. The van der Waals surface area contributed by atoms with Crippen molar-refractivity contribution in [3.8, 4) is 0 Å². The number of hydrogen-bond donors (Lipinski definition) is 1. The number of amides is 1. The molecule has 2 heterocycles. The zero-order chi connectivity index (χ0) is 18.0. The van der Waals surface area contributed by atoms with Crippen molar-refractivity contribution >= 4 is 35.1 Å². The largest absolute Gasteiger partial charge is 0.325 e. The average Bonchev–Trinajstić information content (AvgIpc) is 3.04. The van der Waals surface area contributed by atoms with E-state index in [1.54, 1.807) is 16.3 Å². The molecule has 5 nitrogen and oxygen atoms in total. The van der Waals surface area contributed by atoms with Crippen LogP contribution in [-0.4, -0.2) is 27.0 Å². The Morgan fingerprint density at radius 2 is 2.20 bits per heavy atom. The van der Waals surface area contributed by atoms with Gasteiger partial charge in [-0.05, 0) is 32.4 Å². The fraction of sp³-hybridized carbons (Fsp3) is 0.389. The summed E-state index contributed by atoms with van der Waals surface area (Å²) in [5.41, 5.74) is 3.92. The topological polar surface area (TPSA) is 64.0 Å². The van der Waals surface area contributed by atoms with Crippen molar-refractivity contribution in [2.75, 3.05) is 16.8 Å². The number of benzene rings is 1. The number of anilines is 1. The predicted octanol–water partition coefficient (Wildman–Crippen LogP) is 3.26. The van der Waals surface area contributed by atoms with Crippen molar-refractivity contribution in [3.05, 3.63) is 45.4 Å². The Kier molecular flexibility index (Phi) is 5.54. The van der Waals surface area contributed by atoms with E-state index in [4.69, 9.17) is 0 Å². The van der Waals surface area contributed by atoms with Crippen molar-refractivity contribution in [1.29, 1.82) is 0 Å². The molecule has 2 aromatic rings. The van der Waals surface area contributed by atoms with E-state index in [0.29, 0.717) is 11.7 Å². The first-order valence-corrected chi connectivity index (χ1v) is 10.2. The van der Waals surface area contributed by atoms with Crippen LogP contribution in [-0.2, 0) is 17.8 Å². The van der Waals surface area contributed by atoms with Crippen LogP contribution in [0.15, 0.2) is 33.0 Å². The van der Waals surface area contributed by atoms with E-state index >= 15 is 0 Å². The molecule has 0 aliphatic carbocycles. The Labute approximate surface area is 155 Å². The van der Waals surface area contributed by atoms with Crippen LogP contribution in [0.2, 0.25) is 0 Å². The van der Waals surface area contributed by atoms with Gasteiger partial charge in [0.2, 0.25) is 5.91 Å². The Hall–Kier alpha value is -1.73.